The third-order valence-electron chi connectivity index (χ3n) is 0.489. The lowest BCUT2D eigenvalue weighted by Crippen LogP contribution is -2.22. The average molecular weight is 149 g/mol. The van der Waals surface area contributed by atoms with E-state index in [0.717, 1.165) is 0 Å². The van der Waals surface area contributed by atoms with Gasteiger partial charge in [-0.1, -0.05) is 12.2 Å². The minimum absolute atomic E-state index is 0.0569. The summed E-state index contributed by atoms with van der Waals surface area (Å²) in [5.74, 6) is 0.0569. The molecular formula is C4H7NOS2. The Hall–Kier alpha value is -0.0900. The number of carbonyl (C=O) groups is 1. The second-order valence-corrected chi connectivity index (χ2v) is 2.52. The highest BCUT2D eigenvalue weighted by molar-refractivity contribution is 8.11. The van der Waals surface area contributed by atoms with Crippen molar-refractivity contribution in [2.75, 3.05) is 6.54 Å². The molecule has 4 heteroatoms. The molecule has 0 aliphatic rings. The maximum Gasteiger partial charge on any atom is 0.148 e. The van der Waals surface area contributed by atoms with E-state index in [1.807, 2.05) is 0 Å². The molecule has 0 rings (SSSR count). The Morgan fingerprint density at radius 2 is 2.38 bits per heavy atom. The topological polar surface area (TPSA) is 29.1 Å². The smallest absolute Gasteiger partial charge is 0.148 e. The van der Waals surface area contributed by atoms with Gasteiger partial charge in [-0.2, -0.15) is 0 Å². The van der Waals surface area contributed by atoms with Gasteiger partial charge in [0.15, 0.2) is 0 Å². The van der Waals surface area contributed by atoms with Crippen LogP contribution in [0.4, 0.5) is 0 Å². The zero-order valence-electron chi connectivity index (χ0n) is 4.47. The number of rotatable bonds is 2. The van der Waals surface area contributed by atoms with Crippen molar-refractivity contribution in [3.63, 3.8) is 0 Å². The highest BCUT2D eigenvalue weighted by Crippen LogP contribution is 1.75. The summed E-state index contributed by atoms with van der Waals surface area (Å²) in [6.45, 7) is 1.77. The van der Waals surface area contributed by atoms with Gasteiger partial charge in [0.1, 0.15) is 10.1 Å². The van der Waals surface area contributed by atoms with Crippen LogP contribution in [0.25, 0.3) is 0 Å². The lowest BCUT2D eigenvalue weighted by atomic mass is 10.5. The molecule has 0 radical (unpaired) electrons. The van der Waals surface area contributed by atoms with Crippen LogP contribution in [-0.2, 0) is 4.79 Å². The standard InChI is InChI=1S/C4H7NOS2/c1-3(6)2-5-4(7)8/h2H2,1H3,(H2,5,7,8). The lowest BCUT2D eigenvalue weighted by Gasteiger charge is -1.95. The molecule has 0 spiro atoms. The molecule has 0 aliphatic heterocycles. The molecule has 8 heavy (non-hydrogen) atoms. The molecule has 0 saturated carbocycles. The van der Waals surface area contributed by atoms with Crippen LogP contribution in [0.2, 0.25) is 0 Å². The second-order valence-electron chi connectivity index (χ2n) is 1.36. The van der Waals surface area contributed by atoms with Gasteiger partial charge in [-0.3, -0.25) is 4.79 Å². The maximum atomic E-state index is 10.2. The number of carbonyl (C=O) groups excluding carboxylic acids is 1. The number of thiol groups is 1. The first kappa shape index (κ1) is 7.91. The minimum Gasteiger partial charge on any atom is -0.364 e. The summed E-state index contributed by atoms with van der Waals surface area (Å²) in [5, 5.41) is 2.59. The Balaban J connectivity index is 3.18. The molecule has 0 bridgehead atoms. The van der Waals surface area contributed by atoms with Crippen LogP contribution < -0.4 is 5.32 Å². The maximum absolute atomic E-state index is 10.2. The first-order valence-corrected chi connectivity index (χ1v) is 2.94. The number of ketones is 1. The van der Waals surface area contributed by atoms with Crippen molar-refractivity contribution < 1.29 is 4.79 Å². The van der Waals surface area contributed by atoms with Crippen molar-refractivity contribution in [1.29, 1.82) is 0 Å². The van der Waals surface area contributed by atoms with E-state index in [-0.39, 0.29) is 12.3 Å². The van der Waals surface area contributed by atoms with Crippen LogP contribution in [0, 0.1) is 0 Å². The largest absolute Gasteiger partial charge is 0.364 e. The van der Waals surface area contributed by atoms with E-state index in [1.54, 1.807) is 0 Å². The van der Waals surface area contributed by atoms with Gasteiger partial charge >= 0.3 is 0 Å². The van der Waals surface area contributed by atoms with Crippen LogP contribution in [0.15, 0.2) is 0 Å². The first-order chi connectivity index (χ1) is 3.63. The van der Waals surface area contributed by atoms with Crippen LogP contribution in [0.5, 0.6) is 0 Å². The fourth-order valence-corrected chi connectivity index (χ4v) is 0.351. The average Bonchev–Trinajstić information content (AvgIpc) is 1.61. The summed E-state index contributed by atoms with van der Waals surface area (Å²) in [7, 11) is 0. The van der Waals surface area contributed by atoms with Crippen molar-refractivity contribution in [2.45, 2.75) is 6.92 Å². The third-order valence-corrected chi connectivity index (χ3v) is 0.791. The Labute approximate surface area is 59.1 Å². The van der Waals surface area contributed by atoms with E-state index < -0.39 is 0 Å². The predicted molar refractivity (Wildman–Crippen MR) is 40.3 cm³/mol. The van der Waals surface area contributed by atoms with E-state index in [9.17, 15) is 4.79 Å². The molecule has 0 saturated heterocycles. The normalized spacial score (nSPS) is 8.25. The quantitative estimate of drug-likeness (QED) is 0.439. The van der Waals surface area contributed by atoms with E-state index in [4.69, 9.17) is 0 Å². The first-order valence-electron chi connectivity index (χ1n) is 2.09. The molecule has 0 atom stereocenters. The Morgan fingerprint density at radius 3 is 2.50 bits per heavy atom. The highest BCUT2D eigenvalue weighted by atomic mass is 32.1. The molecule has 1 N–H and O–H groups in total. The van der Waals surface area contributed by atoms with Crippen molar-refractivity contribution in [3.05, 3.63) is 0 Å². The molecular weight excluding hydrogens is 142 g/mol. The summed E-state index contributed by atoms with van der Waals surface area (Å²) in [6.07, 6.45) is 0. The van der Waals surface area contributed by atoms with Crippen molar-refractivity contribution in [2.24, 2.45) is 0 Å². The molecule has 0 unspecified atom stereocenters. The summed E-state index contributed by atoms with van der Waals surface area (Å²) in [4.78, 5) is 10.2. The predicted octanol–water partition coefficient (Wildman–Crippen LogP) is 0.380. The monoisotopic (exact) mass is 149 g/mol. The molecule has 46 valence electrons. The molecule has 0 aromatic heterocycles. The van der Waals surface area contributed by atoms with Gasteiger partial charge in [0.05, 0.1) is 6.54 Å². The van der Waals surface area contributed by atoms with Crippen molar-refractivity contribution in [1.82, 2.24) is 5.32 Å². The molecule has 0 aliphatic carbocycles. The number of Topliss-reactive ketones (excluding diaryl/α,β-unsaturated/α-hetero) is 1. The summed E-state index contributed by atoms with van der Waals surface area (Å²) >= 11 is 8.26. The van der Waals surface area contributed by atoms with E-state index in [1.165, 1.54) is 6.92 Å². The van der Waals surface area contributed by atoms with E-state index >= 15 is 0 Å². The molecule has 0 aromatic rings. The fourth-order valence-electron chi connectivity index (χ4n) is 0.200. The highest BCUT2D eigenvalue weighted by Gasteiger charge is 1.89. The Kier molecular flexibility index (Phi) is 3.81. The van der Waals surface area contributed by atoms with Crippen LogP contribution in [-0.4, -0.2) is 16.6 Å². The number of thiocarbonyl (C=S) groups is 1. The molecule has 0 heterocycles. The van der Waals surface area contributed by atoms with E-state index in [0.29, 0.717) is 4.32 Å². The van der Waals surface area contributed by atoms with Crippen LogP contribution in [0.1, 0.15) is 6.92 Å². The molecule has 0 amide bonds. The summed E-state index contributed by atoms with van der Waals surface area (Å²) in [6, 6.07) is 0. The second kappa shape index (κ2) is 3.86. The Morgan fingerprint density at radius 1 is 1.88 bits per heavy atom. The van der Waals surface area contributed by atoms with Gasteiger partial charge in [0.2, 0.25) is 0 Å². The van der Waals surface area contributed by atoms with Crippen LogP contribution in [0.3, 0.4) is 0 Å². The fraction of sp³-hybridized carbons (Fsp3) is 0.500. The summed E-state index contributed by atoms with van der Waals surface area (Å²) in [5.41, 5.74) is 0. The zero-order chi connectivity index (χ0) is 6.57. The van der Waals surface area contributed by atoms with Crippen LogP contribution >= 0.6 is 24.8 Å². The number of hydrogen-bond acceptors (Lipinski definition) is 2. The zero-order valence-corrected chi connectivity index (χ0v) is 6.18. The SMILES string of the molecule is CC(=O)CNC(=S)S. The van der Waals surface area contributed by atoms with Gasteiger partial charge in [0, 0.05) is 0 Å². The number of hydrogen-bond donors (Lipinski definition) is 2. The third kappa shape index (κ3) is 5.91. The lowest BCUT2D eigenvalue weighted by molar-refractivity contribution is -0.115. The molecule has 2 nitrogen and oxygen atoms in total. The van der Waals surface area contributed by atoms with Gasteiger partial charge in [-0.05, 0) is 6.92 Å². The molecule has 0 aromatic carbocycles. The van der Waals surface area contributed by atoms with Crippen molar-refractivity contribution in [3.8, 4) is 0 Å². The van der Waals surface area contributed by atoms with Gasteiger partial charge in [-0.15, -0.1) is 12.6 Å². The van der Waals surface area contributed by atoms with Crippen molar-refractivity contribution >= 4 is 35.0 Å². The summed E-state index contributed by atoms with van der Waals surface area (Å²) < 4.78 is 0.361. The minimum atomic E-state index is 0.0569. The van der Waals surface area contributed by atoms with Gasteiger partial charge in [-0.25, -0.2) is 0 Å². The van der Waals surface area contributed by atoms with Gasteiger partial charge in [0.25, 0.3) is 0 Å². The van der Waals surface area contributed by atoms with E-state index in [2.05, 4.69) is 30.2 Å². The number of nitrogens with one attached hydrogen (secondary N) is 1. The van der Waals surface area contributed by atoms with Gasteiger partial charge < -0.3 is 5.32 Å². The Bertz CT molecular complexity index is 98.6. The molecule has 0 fully saturated rings.